The molecule has 3 aromatic rings. The number of carbonyl (C=O) groups is 3. The molecule has 30 heavy (non-hydrogen) atoms. The summed E-state index contributed by atoms with van der Waals surface area (Å²) in [6, 6.07) is 14.9. The van der Waals surface area contributed by atoms with Crippen LogP contribution >= 0.6 is 0 Å². The van der Waals surface area contributed by atoms with Crippen molar-refractivity contribution in [1.82, 2.24) is 10.9 Å². The standard InChI is InChI=1S/C22H21N3O5/c1-14-5-10-18(12-15(14)2)30-13-20(26)24-25-21(27)16-6-8-17(9-7-16)23-22(28)19-4-3-11-29-19/h3-12H,13H2,1-2H3,(H,23,28)(H,24,26)(H,25,27). The minimum Gasteiger partial charge on any atom is -0.484 e. The van der Waals surface area contributed by atoms with E-state index in [9.17, 15) is 14.4 Å². The Morgan fingerprint density at radius 1 is 0.900 bits per heavy atom. The van der Waals surface area contributed by atoms with Gasteiger partial charge in [0.1, 0.15) is 5.75 Å². The molecular formula is C22H21N3O5. The zero-order chi connectivity index (χ0) is 21.5. The zero-order valence-corrected chi connectivity index (χ0v) is 16.5. The van der Waals surface area contributed by atoms with Gasteiger partial charge in [-0.25, -0.2) is 0 Å². The van der Waals surface area contributed by atoms with E-state index in [0.29, 0.717) is 17.0 Å². The SMILES string of the molecule is Cc1ccc(OCC(=O)NNC(=O)c2ccc(NC(=O)c3ccco3)cc2)cc1C. The number of benzene rings is 2. The summed E-state index contributed by atoms with van der Waals surface area (Å²) in [5.41, 5.74) is 7.61. The molecule has 3 amide bonds. The maximum atomic E-state index is 12.2. The number of aryl methyl sites for hydroxylation is 2. The Kier molecular flexibility index (Phi) is 6.49. The van der Waals surface area contributed by atoms with E-state index in [0.717, 1.165) is 11.1 Å². The van der Waals surface area contributed by atoms with Gasteiger partial charge in [0.05, 0.1) is 6.26 Å². The van der Waals surface area contributed by atoms with Crippen LogP contribution in [0, 0.1) is 13.8 Å². The second kappa shape index (κ2) is 9.42. The number of anilines is 1. The lowest BCUT2D eigenvalue weighted by molar-refractivity contribution is -0.123. The number of hydrogen-bond donors (Lipinski definition) is 3. The fourth-order valence-corrected chi connectivity index (χ4v) is 2.49. The van der Waals surface area contributed by atoms with Gasteiger partial charge in [-0.1, -0.05) is 6.07 Å². The van der Waals surface area contributed by atoms with Gasteiger partial charge in [0, 0.05) is 11.3 Å². The van der Waals surface area contributed by atoms with Crippen LogP contribution in [0.2, 0.25) is 0 Å². The van der Waals surface area contributed by atoms with E-state index in [4.69, 9.17) is 9.15 Å². The molecule has 0 aliphatic rings. The lowest BCUT2D eigenvalue weighted by Gasteiger charge is -2.10. The molecule has 0 bridgehead atoms. The summed E-state index contributed by atoms with van der Waals surface area (Å²) in [6.07, 6.45) is 1.41. The Labute approximate surface area is 173 Å². The smallest absolute Gasteiger partial charge is 0.291 e. The Morgan fingerprint density at radius 2 is 1.67 bits per heavy atom. The third-order valence-corrected chi connectivity index (χ3v) is 4.31. The molecule has 1 heterocycles. The topological polar surface area (TPSA) is 110 Å². The molecule has 0 saturated carbocycles. The van der Waals surface area contributed by atoms with Crippen molar-refractivity contribution < 1.29 is 23.5 Å². The van der Waals surface area contributed by atoms with Crippen molar-refractivity contribution in [3.05, 3.63) is 83.3 Å². The van der Waals surface area contributed by atoms with Crippen molar-refractivity contribution >= 4 is 23.4 Å². The molecule has 8 heteroatoms. The molecule has 3 N–H and O–H groups in total. The third-order valence-electron chi connectivity index (χ3n) is 4.31. The van der Waals surface area contributed by atoms with E-state index in [1.165, 1.54) is 18.4 Å². The molecule has 8 nitrogen and oxygen atoms in total. The van der Waals surface area contributed by atoms with E-state index >= 15 is 0 Å². The average Bonchev–Trinajstić information content (AvgIpc) is 3.28. The Morgan fingerprint density at radius 3 is 2.33 bits per heavy atom. The monoisotopic (exact) mass is 407 g/mol. The number of rotatable bonds is 6. The lowest BCUT2D eigenvalue weighted by Crippen LogP contribution is -2.43. The number of hydrogen-bond acceptors (Lipinski definition) is 5. The van der Waals surface area contributed by atoms with Crippen LogP contribution in [0.25, 0.3) is 0 Å². The van der Waals surface area contributed by atoms with Gasteiger partial charge in [-0.15, -0.1) is 0 Å². The highest BCUT2D eigenvalue weighted by Crippen LogP contribution is 2.16. The first-order valence-corrected chi connectivity index (χ1v) is 9.16. The second-order valence-electron chi connectivity index (χ2n) is 6.55. The first kappa shape index (κ1) is 20.7. The predicted octanol–water partition coefficient (Wildman–Crippen LogP) is 2.99. The van der Waals surface area contributed by atoms with Crippen molar-refractivity contribution in [2.45, 2.75) is 13.8 Å². The molecule has 0 spiro atoms. The summed E-state index contributed by atoms with van der Waals surface area (Å²) in [4.78, 5) is 36.0. The molecule has 0 unspecified atom stereocenters. The minimum absolute atomic E-state index is 0.183. The van der Waals surface area contributed by atoms with Crippen LogP contribution in [0.15, 0.2) is 65.3 Å². The largest absolute Gasteiger partial charge is 0.484 e. The van der Waals surface area contributed by atoms with Crippen LogP contribution in [-0.2, 0) is 4.79 Å². The molecule has 1 aromatic heterocycles. The lowest BCUT2D eigenvalue weighted by atomic mass is 10.1. The van der Waals surface area contributed by atoms with Crippen molar-refractivity contribution in [1.29, 1.82) is 0 Å². The van der Waals surface area contributed by atoms with Crippen LogP contribution in [-0.4, -0.2) is 24.3 Å². The van der Waals surface area contributed by atoms with Gasteiger partial charge in [-0.05, 0) is 73.5 Å². The number of furan rings is 1. The molecule has 0 aliphatic heterocycles. The summed E-state index contributed by atoms with van der Waals surface area (Å²) >= 11 is 0. The number of hydrazine groups is 1. The van der Waals surface area contributed by atoms with Crippen molar-refractivity contribution in [3.63, 3.8) is 0 Å². The summed E-state index contributed by atoms with van der Waals surface area (Å²) in [5.74, 6) is -0.634. The number of nitrogens with one attached hydrogen (secondary N) is 3. The molecule has 154 valence electrons. The normalized spacial score (nSPS) is 10.2. The highest BCUT2D eigenvalue weighted by molar-refractivity contribution is 6.02. The highest BCUT2D eigenvalue weighted by Gasteiger charge is 2.11. The first-order valence-electron chi connectivity index (χ1n) is 9.16. The fraction of sp³-hybridized carbons (Fsp3) is 0.136. The van der Waals surface area contributed by atoms with Crippen molar-refractivity contribution in [2.24, 2.45) is 0 Å². The van der Waals surface area contributed by atoms with Crippen LogP contribution in [0.4, 0.5) is 5.69 Å². The van der Waals surface area contributed by atoms with Gasteiger partial charge in [0.2, 0.25) is 0 Å². The summed E-state index contributed by atoms with van der Waals surface area (Å²) < 4.78 is 10.4. The first-order chi connectivity index (χ1) is 14.4. The highest BCUT2D eigenvalue weighted by atomic mass is 16.5. The summed E-state index contributed by atoms with van der Waals surface area (Å²) in [7, 11) is 0. The van der Waals surface area contributed by atoms with Crippen LogP contribution < -0.4 is 20.9 Å². The Bertz CT molecular complexity index is 1040. The van der Waals surface area contributed by atoms with E-state index < -0.39 is 17.7 Å². The van der Waals surface area contributed by atoms with Crippen molar-refractivity contribution in [3.8, 4) is 5.75 Å². The second-order valence-corrected chi connectivity index (χ2v) is 6.55. The molecule has 0 fully saturated rings. The van der Waals surface area contributed by atoms with Gasteiger partial charge >= 0.3 is 0 Å². The molecule has 0 radical (unpaired) electrons. The number of carbonyl (C=O) groups excluding carboxylic acids is 3. The maximum Gasteiger partial charge on any atom is 0.291 e. The fourth-order valence-electron chi connectivity index (χ4n) is 2.49. The van der Waals surface area contributed by atoms with Gasteiger partial charge in [0.15, 0.2) is 12.4 Å². The summed E-state index contributed by atoms with van der Waals surface area (Å²) in [6.45, 7) is 3.71. The van der Waals surface area contributed by atoms with Crippen LogP contribution in [0.1, 0.15) is 32.0 Å². The van der Waals surface area contributed by atoms with Crippen LogP contribution in [0.3, 0.4) is 0 Å². The van der Waals surface area contributed by atoms with Crippen LogP contribution in [0.5, 0.6) is 5.75 Å². The molecular weight excluding hydrogens is 386 g/mol. The van der Waals surface area contributed by atoms with Gasteiger partial charge in [0.25, 0.3) is 17.7 Å². The van der Waals surface area contributed by atoms with Gasteiger partial charge < -0.3 is 14.5 Å². The average molecular weight is 407 g/mol. The molecule has 0 aliphatic carbocycles. The zero-order valence-electron chi connectivity index (χ0n) is 16.5. The predicted molar refractivity (Wildman–Crippen MR) is 110 cm³/mol. The summed E-state index contributed by atoms with van der Waals surface area (Å²) in [5, 5.41) is 2.65. The van der Waals surface area contributed by atoms with E-state index in [1.54, 1.807) is 30.3 Å². The quantitative estimate of drug-likeness (QED) is 0.544. The Balaban J connectivity index is 1.45. The van der Waals surface area contributed by atoms with E-state index in [-0.39, 0.29) is 12.4 Å². The third kappa shape index (κ3) is 5.48. The van der Waals surface area contributed by atoms with E-state index in [2.05, 4.69) is 16.2 Å². The minimum atomic E-state index is -0.501. The van der Waals surface area contributed by atoms with Crippen molar-refractivity contribution in [2.75, 3.05) is 11.9 Å². The molecule has 0 saturated heterocycles. The Hall–Kier alpha value is -4.07. The molecule has 3 rings (SSSR count). The van der Waals surface area contributed by atoms with Gasteiger partial charge in [-0.3, -0.25) is 25.2 Å². The van der Waals surface area contributed by atoms with E-state index in [1.807, 2.05) is 26.0 Å². The molecule has 2 aromatic carbocycles. The molecule has 0 atom stereocenters. The number of ether oxygens (including phenoxy) is 1. The number of amides is 3. The maximum absolute atomic E-state index is 12.2. The van der Waals surface area contributed by atoms with Gasteiger partial charge in [-0.2, -0.15) is 0 Å².